The molecule has 2 rings (SSSR count). The zero-order chi connectivity index (χ0) is 8.93. The molecule has 0 aromatic heterocycles. The van der Waals surface area contributed by atoms with E-state index in [-0.39, 0.29) is 0 Å². The third-order valence-corrected chi connectivity index (χ3v) is 2.00. The first-order valence-corrected chi connectivity index (χ1v) is 3.87. The Morgan fingerprint density at radius 2 is 1.42 bits per heavy atom. The summed E-state index contributed by atoms with van der Waals surface area (Å²) in [7, 11) is 0. The molecule has 70 valence electrons. The van der Waals surface area contributed by atoms with Gasteiger partial charge in [-0.25, -0.2) is 0 Å². The number of ether oxygens (including phenoxy) is 3. The van der Waals surface area contributed by atoms with Crippen LogP contribution in [0.15, 0.2) is 0 Å². The van der Waals surface area contributed by atoms with Gasteiger partial charge in [-0.2, -0.15) is 0 Å². The third kappa shape index (κ3) is 1.14. The fourth-order valence-corrected chi connectivity index (χ4v) is 1.56. The Kier molecular flexibility index (Phi) is 1.68. The van der Waals surface area contributed by atoms with Crippen LogP contribution < -0.4 is 0 Å². The van der Waals surface area contributed by atoms with Crippen molar-refractivity contribution in [2.24, 2.45) is 0 Å². The summed E-state index contributed by atoms with van der Waals surface area (Å²) in [4.78, 5) is 0. The molecule has 0 amide bonds. The van der Waals surface area contributed by atoms with E-state index in [4.69, 9.17) is 9.47 Å². The molecule has 5 nitrogen and oxygen atoms in total. The van der Waals surface area contributed by atoms with Crippen LogP contribution in [-0.4, -0.2) is 40.8 Å². The van der Waals surface area contributed by atoms with E-state index in [2.05, 4.69) is 4.74 Å². The lowest BCUT2D eigenvalue weighted by Crippen LogP contribution is -2.29. The second kappa shape index (κ2) is 2.40. The maximum atomic E-state index is 9.21. The van der Waals surface area contributed by atoms with Gasteiger partial charge in [-0.15, -0.1) is 0 Å². The SMILES string of the molecule is CC1(C)O[C@@H]2[C@@H](O)OC(O)[C@@H]2O1. The molecule has 1 unspecified atom stereocenters. The molecule has 2 heterocycles. The van der Waals surface area contributed by atoms with Crippen LogP contribution in [0.4, 0.5) is 0 Å². The maximum Gasteiger partial charge on any atom is 0.187 e. The lowest BCUT2D eigenvalue weighted by molar-refractivity contribution is -0.253. The van der Waals surface area contributed by atoms with E-state index >= 15 is 0 Å². The Labute approximate surface area is 69.8 Å². The Morgan fingerprint density at radius 3 is 1.83 bits per heavy atom. The van der Waals surface area contributed by atoms with Crippen molar-refractivity contribution in [3.8, 4) is 0 Å². The smallest absolute Gasteiger partial charge is 0.187 e. The van der Waals surface area contributed by atoms with Gasteiger partial charge in [0.15, 0.2) is 18.4 Å². The Bertz CT molecular complexity index is 174. The second-order valence-electron chi connectivity index (χ2n) is 3.48. The maximum absolute atomic E-state index is 9.21. The molecule has 0 saturated carbocycles. The van der Waals surface area contributed by atoms with E-state index in [1.807, 2.05) is 0 Å². The average Bonchev–Trinajstić information content (AvgIpc) is 2.34. The molecule has 2 N–H and O–H groups in total. The molecular weight excluding hydrogens is 164 g/mol. The van der Waals surface area contributed by atoms with E-state index in [9.17, 15) is 10.2 Å². The standard InChI is InChI=1S/C7H12O5/c1-7(2)11-3-4(12-7)6(9)10-5(3)8/h3-6,8-9H,1-2H3/t3-,4+,5-,6?/m0/s1. The fourth-order valence-electron chi connectivity index (χ4n) is 1.56. The quantitative estimate of drug-likeness (QED) is 0.504. The summed E-state index contributed by atoms with van der Waals surface area (Å²) in [5.74, 6) is -0.749. The van der Waals surface area contributed by atoms with Crippen molar-refractivity contribution in [3.63, 3.8) is 0 Å². The van der Waals surface area contributed by atoms with Crippen molar-refractivity contribution in [3.05, 3.63) is 0 Å². The summed E-state index contributed by atoms with van der Waals surface area (Å²) < 4.78 is 15.3. The van der Waals surface area contributed by atoms with Crippen molar-refractivity contribution in [1.82, 2.24) is 0 Å². The molecule has 0 spiro atoms. The van der Waals surface area contributed by atoms with Crippen molar-refractivity contribution >= 4 is 0 Å². The first-order valence-electron chi connectivity index (χ1n) is 3.87. The van der Waals surface area contributed by atoms with Crippen molar-refractivity contribution in [1.29, 1.82) is 0 Å². The van der Waals surface area contributed by atoms with Crippen LogP contribution in [0.25, 0.3) is 0 Å². The molecule has 0 radical (unpaired) electrons. The predicted molar refractivity (Wildman–Crippen MR) is 36.9 cm³/mol. The van der Waals surface area contributed by atoms with Gasteiger partial charge in [-0.1, -0.05) is 0 Å². The molecule has 2 aliphatic heterocycles. The van der Waals surface area contributed by atoms with Crippen LogP contribution in [0.5, 0.6) is 0 Å². The van der Waals surface area contributed by atoms with Gasteiger partial charge in [0.05, 0.1) is 0 Å². The van der Waals surface area contributed by atoms with Crippen LogP contribution in [-0.2, 0) is 14.2 Å². The molecule has 0 bridgehead atoms. The van der Waals surface area contributed by atoms with E-state index in [0.29, 0.717) is 0 Å². The average molecular weight is 176 g/mol. The van der Waals surface area contributed by atoms with Gasteiger partial charge in [0.2, 0.25) is 0 Å². The highest BCUT2D eigenvalue weighted by Gasteiger charge is 2.54. The number of rotatable bonds is 0. The van der Waals surface area contributed by atoms with Crippen LogP contribution in [0.1, 0.15) is 13.8 Å². The Balaban J connectivity index is 2.15. The zero-order valence-electron chi connectivity index (χ0n) is 6.93. The highest BCUT2D eigenvalue weighted by atomic mass is 16.8. The van der Waals surface area contributed by atoms with Gasteiger partial charge in [0.25, 0.3) is 0 Å². The summed E-state index contributed by atoms with van der Waals surface area (Å²) >= 11 is 0. The van der Waals surface area contributed by atoms with Gasteiger partial charge in [0, 0.05) is 0 Å². The van der Waals surface area contributed by atoms with Gasteiger partial charge in [0.1, 0.15) is 12.2 Å². The van der Waals surface area contributed by atoms with E-state index in [1.54, 1.807) is 13.8 Å². The number of aliphatic hydroxyl groups excluding tert-OH is 2. The lowest BCUT2D eigenvalue weighted by Gasteiger charge is -2.20. The summed E-state index contributed by atoms with van der Waals surface area (Å²) in [6.07, 6.45) is -3.33. The van der Waals surface area contributed by atoms with Crippen LogP contribution in [0, 0.1) is 0 Å². The zero-order valence-corrected chi connectivity index (χ0v) is 6.93. The first kappa shape index (κ1) is 8.40. The fraction of sp³-hybridized carbons (Fsp3) is 1.00. The molecule has 0 aromatic carbocycles. The highest BCUT2D eigenvalue weighted by molar-refractivity contribution is 4.90. The van der Waals surface area contributed by atoms with Gasteiger partial charge in [-0.3, -0.25) is 0 Å². The molecule has 4 atom stereocenters. The Hall–Kier alpha value is -0.200. The summed E-state index contributed by atoms with van der Waals surface area (Å²) in [5, 5.41) is 18.4. The number of fused-ring (bicyclic) bond motifs is 1. The molecule has 0 aromatic rings. The monoisotopic (exact) mass is 176 g/mol. The molecule has 5 heteroatoms. The van der Waals surface area contributed by atoms with E-state index in [0.717, 1.165) is 0 Å². The summed E-state index contributed by atoms with van der Waals surface area (Å²) in [6, 6.07) is 0. The Morgan fingerprint density at radius 1 is 1.00 bits per heavy atom. The van der Waals surface area contributed by atoms with Crippen molar-refractivity contribution in [2.45, 2.75) is 44.4 Å². The van der Waals surface area contributed by atoms with Crippen LogP contribution in [0.2, 0.25) is 0 Å². The van der Waals surface area contributed by atoms with Crippen LogP contribution in [0.3, 0.4) is 0 Å². The summed E-state index contributed by atoms with van der Waals surface area (Å²) in [6.45, 7) is 3.45. The van der Waals surface area contributed by atoms with Crippen molar-refractivity contribution < 1.29 is 24.4 Å². The van der Waals surface area contributed by atoms with Crippen molar-refractivity contribution in [2.75, 3.05) is 0 Å². The number of hydrogen-bond acceptors (Lipinski definition) is 5. The predicted octanol–water partition coefficient (Wildman–Crippen LogP) is -0.827. The number of aliphatic hydroxyl groups is 2. The first-order chi connectivity index (χ1) is 5.49. The molecule has 2 saturated heterocycles. The normalized spacial score (nSPS) is 51.0. The molecular formula is C7H12O5. The largest absolute Gasteiger partial charge is 0.366 e. The highest BCUT2D eigenvalue weighted by Crippen LogP contribution is 2.36. The van der Waals surface area contributed by atoms with E-state index in [1.165, 1.54) is 0 Å². The van der Waals surface area contributed by atoms with Gasteiger partial charge < -0.3 is 24.4 Å². The minimum Gasteiger partial charge on any atom is -0.366 e. The lowest BCUT2D eigenvalue weighted by atomic mass is 10.2. The molecule has 12 heavy (non-hydrogen) atoms. The van der Waals surface area contributed by atoms with Gasteiger partial charge >= 0.3 is 0 Å². The van der Waals surface area contributed by atoms with E-state index < -0.39 is 30.6 Å². The minimum atomic E-state index is -1.09. The molecule has 0 aliphatic carbocycles. The van der Waals surface area contributed by atoms with Gasteiger partial charge in [-0.05, 0) is 13.8 Å². The summed E-state index contributed by atoms with van der Waals surface area (Å²) in [5.41, 5.74) is 0. The third-order valence-electron chi connectivity index (χ3n) is 2.00. The minimum absolute atomic E-state index is 0.574. The molecule has 2 aliphatic rings. The number of hydrogen-bond donors (Lipinski definition) is 2. The molecule has 2 fully saturated rings. The second-order valence-corrected chi connectivity index (χ2v) is 3.48. The van der Waals surface area contributed by atoms with Crippen LogP contribution >= 0.6 is 0 Å². The topological polar surface area (TPSA) is 68.2 Å².